The first-order valence-electron chi connectivity index (χ1n) is 5.85. The molecule has 1 aliphatic rings. The van der Waals surface area contributed by atoms with Gasteiger partial charge in [0, 0.05) is 25.8 Å². The topological polar surface area (TPSA) is 64.3 Å². The van der Waals surface area contributed by atoms with Gasteiger partial charge >= 0.3 is 0 Å². The Hall–Kier alpha value is -0.880. The van der Waals surface area contributed by atoms with Crippen LogP contribution in [0.5, 0.6) is 0 Å². The molecule has 1 aromatic heterocycles. The third-order valence-corrected chi connectivity index (χ3v) is 3.20. The summed E-state index contributed by atoms with van der Waals surface area (Å²) in [6.45, 7) is 4.67. The second-order valence-corrected chi connectivity index (χ2v) is 4.93. The average Bonchev–Trinajstić information content (AvgIpc) is 2.52. The highest BCUT2D eigenvalue weighted by atomic mass is 79.9. The molecule has 0 spiro atoms. The Labute approximate surface area is 110 Å². The van der Waals surface area contributed by atoms with E-state index in [0.29, 0.717) is 11.8 Å². The highest BCUT2D eigenvalue weighted by Gasteiger charge is 2.19. The zero-order valence-electron chi connectivity index (χ0n) is 9.90. The highest BCUT2D eigenvalue weighted by molar-refractivity contribution is 9.10. The Balaban J connectivity index is 2.18. The Kier molecular flexibility index (Phi) is 4.17. The van der Waals surface area contributed by atoms with Crippen molar-refractivity contribution in [1.82, 2.24) is 9.97 Å². The van der Waals surface area contributed by atoms with E-state index in [9.17, 15) is 0 Å². The Morgan fingerprint density at radius 1 is 1.59 bits per heavy atom. The van der Waals surface area contributed by atoms with E-state index in [1.807, 2.05) is 0 Å². The van der Waals surface area contributed by atoms with Crippen LogP contribution in [0, 0.1) is 0 Å². The smallest absolute Gasteiger partial charge is 0.228 e. The van der Waals surface area contributed by atoms with Crippen molar-refractivity contribution >= 4 is 27.7 Å². The van der Waals surface area contributed by atoms with Crippen LogP contribution >= 0.6 is 15.9 Å². The summed E-state index contributed by atoms with van der Waals surface area (Å²) in [6.07, 6.45) is 2.24. The molecule has 1 unspecified atom stereocenters. The minimum absolute atomic E-state index is 0.251. The van der Waals surface area contributed by atoms with Gasteiger partial charge in [0.15, 0.2) is 0 Å². The van der Waals surface area contributed by atoms with Gasteiger partial charge in [-0.1, -0.05) is 6.92 Å². The maximum atomic E-state index is 5.73. The number of nitrogens with two attached hydrogens (primary N) is 1. The molecule has 5 nitrogen and oxygen atoms in total. The summed E-state index contributed by atoms with van der Waals surface area (Å²) in [5.74, 6) is 1.17. The van der Waals surface area contributed by atoms with Gasteiger partial charge in [-0.25, -0.2) is 4.98 Å². The summed E-state index contributed by atoms with van der Waals surface area (Å²) < 4.78 is 6.44. The molecule has 1 aliphatic heterocycles. The van der Waals surface area contributed by atoms with E-state index < -0.39 is 0 Å². The number of hydrogen-bond donors (Lipinski definition) is 1. The fourth-order valence-electron chi connectivity index (χ4n) is 1.89. The van der Waals surface area contributed by atoms with Gasteiger partial charge < -0.3 is 15.4 Å². The van der Waals surface area contributed by atoms with Gasteiger partial charge in [0.25, 0.3) is 0 Å². The number of nitrogens with zero attached hydrogens (tertiary/aromatic N) is 3. The molecule has 1 aromatic rings. The maximum absolute atomic E-state index is 5.73. The minimum atomic E-state index is 0.251. The fraction of sp³-hybridized carbons (Fsp3) is 0.636. The van der Waals surface area contributed by atoms with Crippen LogP contribution in [0.4, 0.5) is 11.8 Å². The third kappa shape index (κ3) is 3.29. The molecule has 0 amide bonds. The molecule has 0 radical (unpaired) electrons. The Morgan fingerprint density at radius 2 is 2.41 bits per heavy atom. The Bertz CT molecular complexity index is 367. The molecule has 0 aromatic carbocycles. The zero-order valence-corrected chi connectivity index (χ0v) is 11.5. The molecule has 2 rings (SSSR count). The van der Waals surface area contributed by atoms with Crippen LogP contribution in [0.15, 0.2) is 10.7 Å². The minimum Gasteiger partial charge on any atom is -0.383 e. The summed E-state index contributed by atoms with van der Waals surface area (Å²) in [4.78, 5) is 10.8. The van der Waals surface area contributed by atoms with Crippen molar-refractivity contribution < 1.29 is 4.74 Å². The Morgan fingerprint density at radius 3 is 3.12 bits per heavy atom. The number of hydrogen-bond acceptors (Lipinski definition) is 5. The van der Waals surface area contributed by atoms with Gasteiger partial charge in [0.1, 0.15) is 10.4 Å². The highest BCUT2D eigenvalue weighted by Crippen LogP contribution is 2.19. The predicted molar refractivity (Wildman–Crippen MR) is 71.0 cm³/mol. The second kappa shape index (κ2) is 5.64. The molecule has 94 valence electrons. The van der Waals surface area contributed by atoms with Gasteiger partial charge in [0.2, 0.25) is 5.95 Å². The van der Waals surface area contributed by atoms with Crippen molar-refractivity contribution in [2.24, 2.45) is 0 Å². The molecular formula is C11H17BrN4O. The lowest BCUT2D eigenvalue weighted by atomic mass is 10.2. The van der Waals surface area contributed by atoms with E-state index in [1.54, 1.807) is 6.07 Å². The van der Waals surface area contributed by atoms with Crippen LogP contribution in [-0.2, 0) is 4.74 Å². The van der Waals surface area contributed by atoms with Crippen molar-refractivity contribution in [3.63, 3.8) is 0 Å². The normalized spacial score (nSPS) is 21.3. The molecule has 0 aliphatic carbocycles. The number of halogens is 1. The van der Waals surface area contributed by atoms with Crippen LogP contribution in [0.3, 0.4) is 0 Å². The summed E-state index contributed by atoms with van der Waals surface area (Å²) in [6, 6.07) is 1.70. The van der Waals surface area contributed by atoms with Crippen molar-refractivity contribution in [2.45, 2.75) is 25.9 Å². The molecule has 1 fully saturated rings. The summed E-state index contributed by atoms with van der Waals surface area (Å²) >= 11 is 3.34. The van der Waals surface area contributed by atoms with Gasteiger partial charge in [0.05, 0.1) is 6.10 Å². The van der Waals surface area contributed by atoms with Crippen LogP contribution in [0.25, 0.3) is 0 Å². The lowest BCUT2D eigenvalue weighted by molar-refractivity contribution is 0.0664. The number of rotatable bonds is 2. The number of anilines is 2. The van der Waals surface area contributed by atoms with Gasteiger partial charge in [-0.15, -0.1) is 0 Å². The summed E-state index contributed by atoms with van der Waals surface area (Å²) in [7, 11) is 0. The number of nitrogen functional groups attached to an aromatic ring is 1. The van der Waals surface area contributed by atoms with E-state index in [4.69, 9.17) is 10.5 Å². The fourth-order valence-corrected chi connectivity index (χ4v) is 2.28. The van der Waals surface area contributed by atoms with Gasteiger partial charge in [-0.3, -0.25) is 0 Å². The van der Waals surface area contributed by atoms with Crippen molar-refractivity contribution in [2.75, 3.05) is 30.3 Å². The molecule has 0 bridgehead atoms. The van der Waals surface area contributed by atoms with E-state index >= 15 is 0 Å². The van der Waals surface area contributed by atoms with E-state index in [2.05, 4.69) is 37.7 Å². The summed E-state index contributed by atoms with van der Waals surface area (Å²) in [5, 5.41) is 0. The van der Waals surface area contributed by atoms with Crippen LogP contribution in [0.1, 0.15) is 19.8 Å². The van der Waals surface area contributed by atoms with Crippen molar-refractivity contribution in [3.8, 4) is 0 Å². The van der Waals surface area contributed by atoms with Gasteiger partial charge in [-0.2, -0.15) is 4.98 Å². The van der Waals surface area contributed by atoms with E-state index in [-0.39, 0.29) is 6.10 Å². The molecular weight excluding hydrogens is 284 g/mol. The zero-order chi connectivity index (χ0) is 12.3. The molecule has 1 saturated heterocycles. The maximum Gasteiger partial charge on any atom is 0.228 e. The first-order chi connectivity index (χ1) is 8.19. The molecule has 2 N–H and O–H groups in total. The van der Waals surface area contributed by atoms with E-state index in [0.717, 1.165) is 37.1 Å². The molecule has 1 atom stereocenters. The van der Waals surface area contributed by atoms with Crippen LogP contribution < -0.4 is 10.6 Å². The lowest BCUT2D eigenvalue weighted by Gasteiger charge is -2.23. The standard InChI is InChI=1S/C11H17BrN4O/c1-2-8-7-16(4-3-5-17-8)11-14-9(12)6-10(13)15-11/h6,8H,2-5,7H2,1H3,(H2,13,14,15). The molecule has 6 heteroatoms. The largest absolute Gasteiger partial charge is 0.383 e. The third-order valence-electron chi connectivity index (χ3n) is 2.79. The van der Waals surface area contributed by atoms with E-state index in [1.165, 1.54) is 0 Å². The quantitative estimate of drug-likeness (QED) is 0.844. The average molecular weight is 301 g/mol. The first kappa shape index (κ1) is 12.6. The van der Waals surface area contributed by atoms with Crippen LogP contribution in [0.2, 0.25) is 0 Å². The van der Waals surface area contributed by atoms with Crippen molar-refractivity contribution in [1.29, 1.82) is 0 Å². The molecule has 17 heavy (non-hydrogen) atoms. The summed E-state index contributed by atoms with van der Waals surface area (Å²) in [5.41, 5.74) is 5.73. The van der Waals surface area contributed by atoms with Gasteiger partial charge in [-0.05, 0) is 28.8 Å². The number of ether oxygens (including phenoxy) is 1. The number of aromatic nitrogens is 2. The monoisotopic (exact) mass is 300 g/mol. The first-order valence-corrected chi connectivity index (χ1v) is 6.65. The predicted octanol–water partition coefficient (Wildman–Crippen LogP) is 1.83. The van der Waals surface area contributed by atoms with Crippen LogP contribution in [-0.4, -0.2) is 35.8 Å². The SMILES string of the molecule is CCC1CN(c2nc(N)cc(Br)n2)CCCO1. The molecule has 0 saturated carbocycles. The lowest BCUT2D eigenvalue weighted by Crippen LogP contribution is -2.32. The van der Waals surface area contributed by atoms with Crippen molar-refractivity contribution in [3.05, 3.63) is 10.7 Å². The molecule has 2 heterocycles. The second-order valence-electron chi connectivity index (χ2n) is 4.12.